The van der Waals surface area contributed by atoms with Crippen molar-refractivity contribution < 1.29 is 4.43 Å². The second kappa shape index (κ2) is 5.34. The van der Waals surface area contributed by atoms with Crippen LogP contribution in [0, 0.1) is 0 Å². The van der Waals surface area contributed by atoms with E-state index in [0.717, 1.165) is 11.1 Å². The molecule has 0 saturated heterocycles. The van der Waals surface area contributed by atoms with E-state index in [2.05, 4.69) is 18.2 Å². The van der Waals surface area contributed by atoms with Gasteiger partial charge in [-0.3, -0.25) is 0 Å². The van der Waals surface area contributed by atoms with Crippen LogP contribution in [0.15, 0.2) is 23.4 Å². The van der Waals surface area contributed by atoms with Gasteiger partial charge >= 0.3 is 0 Å². The first-order valence-corrected chi connectivity index (χ1v) is 9.85. The van der Waals surface area contributed by atoms with Gasteiger partial charge in [0.25, 0.3) is 0 Å². The number of rotatable bonds is 4. The maximum atomic E-state index is 6.42. The van der Waals surface area contributed by atoms with Crippen LogP contribution in [-0.4, -0.2) is 15.4 Å². The zero-order chi connectivity index (χ0) is 12.4. The minimum Gasteiger partial charge on any atom is -0.415 e. The molecule has 0 heterocycles. The molecule has 2 fully saturated rings. The molecule has 2 saturated carbocycles. The lowest BCUT2D eigenvalue weighted by molar-refractivity contribution is 0.367. The van der Waals surface area contributed by atoms with Gasteiger partial charge in [0.05, 0.1) is 0 Å². The van der Waals surface area contributed by atoms with E-state index in [0.29, 0.717) is 0 Å². The smallest absolute Gasteiger partial charge is 0.226 e. The molecule has 0 radical (unpaired) electrons. The molecule has 0 aromatic carbocycles. The first-order chi connectivity index (χ1) is 8.88. The van der Waals surface area contributed by atoms with Gasteiger partial charge in [-0.15, -0.1) is 0 Å². The van der Waals surface area contributed by atoms with Gasteiger partial charge in [0.1, 0.15) is 0 Å². The number of hydrogen-bond acceptors (Lipinski definition) is 1. The van der Waals surface area contributed by atoms with Gasteiger partial charge in [0.15, 0.2) is 0 Å². The van der Waals surface area contributed by atoms with Crippen LogP contribution in [0.5, 0.6) is 0 Å². The average Bonchev–Trinajstić information content (AvgIpc) is 3.16. The van der Waals surface area contributed by atoms with Gasteiger partial charge in [-0.05, 0) is 17.5 Å². The van der Waals surface area contributed by atoms with E-state index in [-0.39, 0.29) is 0 Å². The SMILES string of the molecule is CO[Si](C1=CC=CC1)(C1CCCC1)C1CCCC1. The molecule has 3 aliphatic rings. The van der Waals surface area contributed by atoms with Crippen molar-refractivity contribution in [2.45, 2.75) is 68.9 Å². The van der Waals surface area contributed by atoms with Crippen LogP contribution in [-0.2, 0) is 4.43 Å². The maximum Gasteiger partial charge on any atom is 0.226 e. The molecule has 18 heavy (non-hydrogen) atoms. The Bertz CT molecular complexity index is 330. The van der Waals surface area contributed by atoms with Crippen molar-refractivity contribution >= 4 is 8.32 Å². The predicted octanol–water partition coefficient (Wildman–Crippen LogP) is 4.89. The highest BCUT2D eigenvalue weighted by molar-refractivity contribution is 6.83. The summed E-state index contributed by atoms with van der Waals surface area (Å²) in [5.74, 6) is 0. The molecule has 0 spiro atoms. The Morgan fingerprint density at radius 2 is 1.56 bits per heavy atom. The van der Waals surface area contributed by atoms with Gasteiger partial charge in [-0.1, -0.05) is 74.8 Å². The lowest BCUT2D eigenvalue weighted by Crippen LogP contribution is -2.48. The Balaban J connectivity index is 1.93. The monoisotopic (exact) mass is 262 g/mol. The molecule has 0 atom stereocenters. The quantitative estimate of drug-likeness (QED) is 0.655. The minimum absolute atomic E-state index is 0.914. The van der Waals surface area contributed by atoms with Gasteiger partial charge in [-0.25, -0.2) is 0 Å². The molecule has 0 amide bonds. The second-order valence-electron chi connectivity index (χ2n) is 6.28. The Morgan fingerprint density at radius 1 is 1.00 bits per heavy atom. The second-order valence-corrected chi connectivity index (χ2v) is 10.6. The van der Waals surface area contributed by atoms with Gasteiger partial charge < -0.3 is 4.43 Å². The molecule has 1 nitrogen and oxygen atoms in total. The summed E-state index contributed by atoms with van der Waals surface area (Å²) in [4.78, 5) is 0. The molecule has 3 aliphatic carbocycles. The summed E-state index contributed by atoms with van der Waals surface area (Å²) >= 11 is 0. The molecule has 0 aliphatic heterocycles. The average molecular weight is 262 g/mol. The van der Waals surface area contributed by atoms with Gasteiger partial charge in [-0.2, -0.15) is 0 Å². The van der Waals surface area contributed by atoms with Crippen molar-refractivity contribution in [1.29, 1.82) is 0 Å². The molecule has 0 N–H and O–H groups in total. The summed E-state index contributed by atoms with van der Waals surface area (Å²) in [6, 6.07) is 0. The summed E-state index contributed by atoms with van der Waals surface area (Å²) in [6.45, 7) is 0. The van der Waals surface area contributed by atoms with Gasteiger partial charge in [0.2, 0.25) is 8.32 Å². The van der Waals surface area contributed by atoms with Crippen LogP contribution in [0.25, 0.3) is 0 Å². The van der Waals surface area contributed by atoms with Crippen molar-refractivity contribution in [3.63, 3.8) is 0 Å². The fourth-order valence-corrected chi connectivity index (χ4v) is 10.7. The molecule has 0 aromatic rings. The Morgan fingerprint density at radius 3 is 1.94 bits per heavy atom. The lowest BCUT2D eigenvalue weighted by Gasteiger charge is -2.41. The largest absolute Gasteiger partial charge is 0.415 e. The molecule has 0 unspecified atom stereocenters. The fraction of sp³-hybridized carbons (Fsp3) is 0.750. The first kappa shape index (κ1) is 12.7. The highest BCUT2D eigenvalue weighted by Gasteiger charge is 2.52. The number of hydrogen-bond donors (Lipinski definition) is 0. The third-order valence-corrected chi connectivity index (χ3v) is 11.2. The Kier molecular flexibility index (Phi) is 3.76. The van der Waals surface area contributed by atoms with E-state index >= 15 is 0 Å². The van der Waals surface area contributed by atoms with Crippen molar-refractivity contribution in [2.24, 2.45) is 0 Å². The van der Waals surface area contributed by atoms with Crippen LogP contribution >= 0.6 is 0 Å². The topological polar surface area (TPSA) is 9.23 Å². The third kappa shape index (κ3) is 1.94. The van der Waals surface area contributed by atoms with Crippen LogP contribution in [0.3, 0.4) is 0 Å². The van der Waals surface area contributed by atoms with Crippen LogP contribution < -0.4 is 0 Å². The highest BCUT2D eigenvalue weighted by atomic mass is 28.4. The summed E-state index contributed by atoms with van der Waals surface area (Å²) in [5.41, 5.74) is 1.83. The van der Waals surface area contributed by atoms with Crippen LogP contribution in [0.2, 0.25) is 11.1 Å². The third-order valence-electron chi connectivity index (χ3n) is 5.53. The molecule has 0 bridgehead atoms. The number of allylic oxidation sites excluding steroid dienone is 4. The molecule has 0 aromatic heterocycles. The molecule has 2 heteroatoms. The van der Waals surface area contributed by atoms with Crippen LogP contribution in [0.4, 0.5) is 0 Å². The van der Waals surface area contributed by atoms with Crippen molar-refractivity contribution in [1.82, 2.24) is 0 Å². The Hall–Kier alpha value is -0.343. The maximum absolute atomic E-state index is 6.42. The summed E-state index contributed by atoms with van der Waals surface area (Å²) in [7, 11) is 0.358. The summed E-state index contributed by atoms with van der Waals surface area (Å²) in [6.07, 6.45) is 19.7. The van der Waals surface area contributed by atoms with E-state index in [1.54, 1.807) is 5.20 Å². The molecule has 100 valence electrons. The zero-order valence-electron chi connectivity index (χ0n) is 11.7. The molecule has 3 rings (SSSR count). The van der Waals surface area contributed by atoms with Crippen molar-refractivity contribution in [3.8, 4) is 0 Å². The lowest BCUT2D eigenvalue weighted by atomic mass is 10.3. The zero-order valence-corrected chi connectivity index (χ0v) is 12.7. The Labute approximate surface area is 112 Å². The van der Waals surface area contributed by atoms with E-state index in [4.69, 9.17) is 4.43 Å². The van der Waals surface area contributed by atoms with Crippen molar-refractivity contribution in [2.75, 3.05) is 7.11 Å². The van der Waals surface area contributed by atoms with E-state index in [1.165, 1.54) is 57.8 Å². The van der Waals surface area contributed by atoms with E-state index in [1.807, 2.05) is 7.11 Å². The first-order valence-electron chi connectivity index (χ1n) is 7.79. The summed E-state index contributed by atoms with van der Waals surface area (Å²) in [5, 5.41) is 1.71. The van der Waals surface area contributed by atoms with E-state index < -0.39 is 8.32 Å². The summed E-state index contributed by atoms with van der Waals surface area (Å²) < 4.78 is 6.42. The van der Waals surface area contributed by atoms with Crippen molar-refractivity contribution in [3.05, 3.63) is 23.4 Å². The molecular formula is C16H26OSi. The fourth-order valence-electron chi connectivity index (χ4n) is 4.77. The minimum atomic E-state index is -1.67. The molecular weight excluding hydrogens is 236 g/mol. The standard InChI is InChI=1S/C16H26OSi/c1-17-18(14-8-2-3-9-14,15-10-4-5-11-15)16-12-6-7-13-16/h2-3,8,15-16H,4-7,9-13H2,1H3. The predicted molar refractivity (Wildman–Crippen MR) is 79.0 cm³/mol. The van der Waals surface area contributed by atoms with Gasteiger partial charge in [0, 0.05) is 7.11 Å². The van der Waals surface area contributed by atoms with E-state index in [9.17, 15) is 0 Å². The normalized spacial score (nSPS) is 26.2. The van der Waals surface area contributed by atoms with Crippen LogP contribution in [0.1, 0.15) is 57.8 Å². The highest BCUT2D eigenvalue weighted by Crippen LogP contribution is 2.54.